The van der Waals surface area contributed by atoms with Crippen molar-refractivity contribution in [2.75, 3.05) is 5.32 Å². The maximum Gasteiger partial charge on any atom is 0.418 e. The Morgan fingerprint density at radius 3 is 2.50 bits per heavy atom. The number of nitrogens with one attached hydrogen (secondary N) is 1. The Morgan fingerprint density at radius 1 is 1.05 bits per heavy atom. The van der Waals surface area contributed by atoms with Gasteiger partial charge in [0.05, 0.1) is 17.3 Å². The van der Waals surface area contributed by atoms with E-state index in [2.05, 4.69) is 5.32 Å². The van der Waals surface area contributed by atoms with Gasteiger partial charge >= 0.3 is 6.18 Å². The molecule has 1 atom stereocenters. The normalized spacial score (nSPS) is 17.7. The summed E-state index contributed by atoms with van der Waals surface area (Å²) < 4.78 is 39.0. The number of fused-ring (bicyclic) bond motifs is 1. The van der Waals surface area contributed by atoms with Crippen molar-refractivity contribution in [2.24, 2.45) is 0 Å². The predicted octanol–water partition coefficient (Wildman–Crippen LogP) is 5.07. The highest BCUT2D eigenvalue weighted by molar-refractivity contribution is 6.31. The van der Waals surface area contributed by atoms with E-state index in [9.17, 15) is 13.2 Å². The van der Waals surface area contributed by atoms with Gasteiger partial charge in [-0.3, -0.25) is 0 Å². The Morgan fingerprint density at radius 2 is 1.80 bits per heavy atom. The lowest BCUT2D eigenvalue weighted by Crippen LogP contribution is -2.10. The fraction of sp³-hybridized carbons (Fsp3) is 0.200. The smallest absolute Gasteiger partial charge is 0.377 e. The summed E-state index contributed by atoms with van der Waals surface area (Å²) in [6, 6.07) is 11.2. The van der Waals surface area contributed by atoms with Crippen molar-refractivity contribution in [3.63, 3.8) is 0 Å². The molecule has 1 heterocycles. The van der Waals surface area contributed by atoms with E-state index >= 15 is 0 Å². The maximum atomic E-state index is 13.0. The third kappa shape index (κ3) is 2.24. The third-order valence-corrected chi connectivity index (χ3v) is 3.82. The van der Waals surface area contributed by atoms with Crippen LogP contribution in [0.3, 0.4) is 0 Å². The van der Waals surface area contributed by atoms with Crippen LogP contribution in [0.4, 0.5) is 18.9 Å². The fourth-order valence-corrected chi connectivity index (χ4v) is 2.83. The number of para-hydroxylation sites is 1. The summed E-state index contributed by atoms with van der Waals surface area (Å²) in [6.45, 7) is 0. The molecule has 20 heavy (non-hydrogen) atoms. The molecule has 5 heteroatoms. The average molecular weight is 298 g/mol. The van der Waals surface area contributed by atoms with E-state index in [0.29, 0.717) is 17.0 Å². The second-order valence-corrected chi connectivity index (χ2v) is 5.17. The highest BCUT2D eigenvalue weighted by Gasteiger charge is 2.37. The fourth-order valence-electron chi connectivity index (χ4n) is 2.57. The average Bonchev–Trinajstić information content (AvgIpc) is 2.81. The quantitative estimate of drug-likeness (QED) is 0.775. The zero-order valence-corrected chi connectivity index (χ0v) is 11.1. The molecular formula is C15H11ClF3N. The summed E-state index contributed by atoms with van der Waals surface area (Å²) in [5, 5.41) is 3.52. The van der Waals surface area contributed by atoms with E-state index in [1.807, 2.05) is 12.1 Å². The Bertz CT molecular complexity index is 652. The molecule has 2 aromatic rings. The van der Waals surface area contributed by atoms with Crippen molar-refractivity contribution in [3.8, 4) is 0 Å². The molecule has 0 spiro atoms. The van der Waals surface area contributed by atoms with Gasteiger partial charge in [-0.25, -0.2) is 0 Å². The van der Waals surface area contributed by atoms with Gasteiger partial charge in [-0.15, -0.1) is 0 Å². The van der Waals surface area contributed by atoms with Gasteiger partial charge in [0.1, 0.15) is 0 Å². The van der Waals surface area contributed by atoms with Crippen LogP contribution in [-0.4, -0.2) is 0 Å². The van der Waals surface area contributed by atoms with E-state index in [0.717, 1.165) is 11.6 Å². The minimum absolute atomic E-state index is 0.171. The highest BCUT2D eigenvalue weighted by Crippen LogP contribution is 2.43. The second-order valence-electron chi connectivity index (χ2n) is 4.76. The van der Waals surface area contributed by atoms with E-state index in [1.165, 1.54) is 6.07 Å². The molecule has 0 aromatic heterocycles. The van der Waals surface area contributed by atoms with Gasteiger partial charge in [0.2, 0.25) is 0 Å². The summed E-state index contributed by atoms with van der Waals surface area (Å²) >= 11 is 6.11. The van der Waals surface area contributed by atoms with Crippen LogP contribution in [0.5, 0.6) is 0 Å². The van der Waals surface area contributed by atoms with Gasteiger partial charge in [-0.05, 0) is 29.7 Å². The van der Waals surface area contributed by atoms with Gasteiger partial charge in [-0.1, -0.05) is 41.9 Å². The van der Waals surface area contributed by atoms with Crippen LogP contribution in [0, 0.1) is 0 Å². The molecule has 1 N–H and O–H groups in total. The number of halogens is 4. The van der Waals surface area contributed by atoms with Gasteiger partial charge in [0.15, 0.2) is 0 Å². The van der Waals surface area contributed by atoms with Crippen molar-refractivity contribution >= 4 is 17.3 Å². The minimum atomic E-state index is -4.35. The summed E-state index contributed by atoms with van der Waals surface area (Å²) in [5.41, 5.74) is 1.04. The molecule has 2 aromatic carbocycles. The number of benzene rings is 2. The molecule has 1 aliphatic heterocycles. The van der Waals surface area contributed by atoms with Crippen molar-refractivity contribution in [2.45, 2.75) is 18.6 Å². The zero-order chi connectivity index (χ0) is 14.3. The molecule has 1 nitrogen and oxygen atoms in total. The molecule has 1 aliphatic rings. The molecule has 0 radical (unpaired) electrons. The van der Waals surface area contributed by atoms with Crippen LogP contribution in [0.15, 0.2) is 42.5 Å². The van der Waals surface area contributed by atoms with E-state index in [4.69, 9.17) is 11.6 Å². The number of alkyl halides is 3. The number of anilines is 1. The first-order chi connectivity index (χ1) is 9.47. The molecule has 0 saturated carbocycles. The zero-order valence-electron chi connectivity index (χ0n) is 10.3. The van der Waals surface area contributed by atoms with Crippen LogP contribution in [-0.2, 0) is 12.6 Å². The lowest BCUT2D eigenvalue weighted by atomic mass is 10.0. The first-order valence-electron chi connectivity index (χ1n) is 6.17. The summed E-state index contributed by atoms with van der Waals surface area (Å²) in [7, 11) is 0. The van der Waals surface area contributed by atoms with Gasteiger partial charge < -0.3 is 5.32 Å². The Balaban J connectivity index is 1.99. The standard InChI is InChI=1S/C15H11ClF3N/c16-12-7-2-1-5-10(12)13-8-9-4-3-6-11(14(9)20-13)15(17,18)19/h1-7,13,20H,8H2. The predicted molar refractivity (Wildman–Crippen MR) is 73.0 cm³/mol. The maximum absolute atomic E-state index is 13.0. The summed E-state index contributed by atoms with van der Waals surface area (Å²) in [6.07, 6.45) is -3.85. The van der Waals surface area contributed by atoms with Crippen molar-refractivity contribution in [3.05, 3.63) is 64.2 Å². The van der Waals surface area contributed by atoms with Crippen LogP contribution in [0.25, 0.3) is 0 Å². The molecule has 0 aliphatic carbocycles. The minimum Gasteiger partial charge on any atom is -0.377 e. The third-order valence-electron chi connectivity index (χ3n) is 3.48. The van der Waals surface area contributed by atoms with Gasteiger partial charge in [0, 0.05) is 5.02 Å². The highest BCUT2D eigenvalue weighted by atomic mass is 35.5. The van der Waals surface area contributed by atoms with E-state index < -0.39 is 11.7 Å². The Labute approximate surface area is 119 Å². The Hall–Kier alpha value is -1.68. The molecule has 104 valence electrons. The number of hydrogen-bond donors (Lipinski definition) is 1. The summed E-state index contributed by atoms with van der Waals surface area (Å²) in [4.78, 5) is 0. The lowest BCUT2D eigenvalue weighted by Gasteiger charge is -2.15. The van der Waals surface area contributed by atoms with Crippen LogP contribution >= 0.6 is 11.6 Å². The van der Waals surface area contributed by atoms with Gasteiger partial charge in [0.25, 0.3) is 0 Å². The second kappa shape index (κ2) is 4.70. The number of rotatable bonds is 1. The molecule has 0 saturated heterocycles. The molecule has 1 unspecified atom stereocenters. The SMILES string of the molecule is FC(F)(F)c1cccc2c1NC(c1ccccc1Cl)C2. The molecular weight excluding hydrogens is 287 g/mol. The number of hydrogen-bond acceptors (Lipinski definition) is 1. The van der Waals surface area contributed by atoms with Gasteiger partial charge in [-0.2, -0.15) is 13.2 Å². The van der Waals surface area contributed by atoms with Crippen LogP contribution in [0.1, 0.15) is 22.7 Å². The molecule has 3 rings (SSSR count). The van der Waals surface area contributed by atoms with Crippen LogP contribution < -0.4 is 5.32 Å². The molecule has 0 fully saturated rings. The van der Waals surface area contributed by atoms with Crippen molar-refractivity contribution in [1.29, 1.82) is 0 Å². The van der Waals surface area contributed by atoms with E-state index in [1.54, 1.807) is 18.2 Å². The largest absolute Gasteiger partial charge is 0.418 e. The van der Waals surface area contributed by atoms with Crippen molar-refractivity contribution < 1.29 is 13.2 Å². The van der Waals surface area contributed by atoms with Crippen molar-refractivity contribution in [1.82, 2.24) is 0 Å². The van der Waals surface area contributed by atoms with E-state index in [-0.39, 0.29) is 11.7 Å². The first-order valence-corrected chi connectivity index (χ1v) is 6.54. The van der Waals surface area contributed by atoms with Crippen LogP contribution in [0.2, 0.25) is 5.02 Å². The summed E-state index contributed by atoms with van der Waals surface area (Å²) in [5.74, 6) is 0. The first kappa shape index (κ1) is 13.3. The Kier molecular flexibility index (Phi) is 3.13. The lowest BCUT2D eigenvalue weighted by molar-refractivity contribution is -0.136. The molecule has 0 bridgehead atoms. The monoisotopic (exact) mass is 297 g/mol. The topological polar surface area (TPSA) is 12.0 Å². The molecule has 0 amide bonds.